The number of benzene rings is 1. The number of carbonyl (C=O) groups excluding carboxylic acids is 1. The monoisotopic (exact) mass is 436 g/mol. The Morgan fingerprint density at radius 3 is 2.47 bits per heavy atom. The van der Waals surface area contributed by atoms with Gasteiger partial charge in [-0.1, -0.05) is 31.9 Å². The highest BCUT2D eigenvalue weighted by molar-refractivity contribution is 9.11. The first-order valence-electron chi connectivity index (χ1n) is 4.74. The van der Waals surface area contributed by atoms with Gasteiger partial charge < -0.3 is 0 Å². The zero-order chi connectivity index (χ0) is 12.6. The minimum Gasteiger partial charge on any atom is -0.288 e. The zero-order valence-electron chi connectivity index (χ0n) is 8.76. The Bertz CT molecular complexity index is 570. The molecule has 0 aliphatic rings. The summed E-state index contributed by atoms with van der Waals surface area (Å²) in [5.41, 5.74) is 1.76. The molecular weight excluding hydrogens is 432 g/mol. The minimum absolute atomic E-state index is 0.0389. The summed E-state index contributed by atoms with van der Waals surface area (Å²) in [6.07, 6.45) is 0. The van der Waals surface area contributed by atoms with Crippen LogP contribution in [0.3, 0.4) is 0 Å². The van der Waals surface area contributed by atoms with Crippen LogP contribution in [0.4, 0.5) is 0 Å². The molecule has 1 aromatic carbocycles. The number of thiophene rings is 1. The third-order valence-corrected chi connectivity index (χ3v) is 5.57. The van der Waals surface area contributed by atoms with Crippen LogP contribution in [-0.4, -0.2) is 5.78 Å². The van der Waals surface area contributed by atoms with E-state index in [0.29, 0.717) is 5.56 Å². The van der Waals surface area contributed by atoms with E-state index in [4.69, 9.17) is 0 Å². The molecule has 0 saturated heterocycles. The average molecular weight is 439 g/mol. The van der Waals surface area contributed by atoms with E-state index in [0.717, 1.165) is 23.2 Å². The van der Waals surface area contributed by atoms with E-state index in [-0.39, 0.29) is 5.78 Å². The lowest BCUT2D eigenvalue weighted by Crippen LogP contribution is -1.99. The predicted octanol–water partition coefficient (Wildman–Crippen LogP) is 5.58. The highest BCUT2D eigenvalue weighted by atomic mass is 79.9. The molecule has 0 bridgehead atoms. The first-order chi connectivity index (χ1) is 7.99. The molecule has 5 heteroatoms. The number of carbonyl (C=O) groups is 1. The van der Waals surface area contributed by atoms with Gasteiger partial charge in [-0.15, -0.1) is 11.3 Å². The maximum Gasteiger partial charge on any atom is 0.204 e. The summed E-state index contributed by atoms with van der Waals surface area (Å²) < 4.78 is 2.72. The lowest BCUT2D eigenvalue weighted by molar-refractivity contribution is 0.104. The van der Waals surface area contributed by atoms with Crippen LogP contribution in [-0.2, 0) is 0 Å². The van der Waals surface area contributed by atoms with Gasteiger partial charge >= 0.3 is 0 Å². The predicted molar refractivity (Wildman–Crippen MR) is 82.0 cm³/mol. The molecule has 1 heterocycles. The van der Waals surface area contributed by atoms with E-state index in [1.165, 1.54) is 11.3 Å². The fourth-order valence-corrected chi connectivity index (χ4v) is 3.65. The topological polar surface area (TPSA) is 17.1 Å². The van der Waals surface area contributed by atoms with E-state index in [1.807, 2.05) is 31.2 Å². The molecular formula is C12H7Br3OS. The van der Waals surface area contributed by atoms with Crippen molar-refractivity contribution in [2.75, 3.05) is 0 Å². The number of aryl methyl sites for hydroxylation is 1. The van der Waals surface area contributed by atoms with Gasteiger partial charge in [0, 0.05) is 14.5 Å². The molecule has 0 aliphatic heterocycles. The molecule has 0 N–H and O–H groups in total. The standard InChI is InChI=1S/C12H7Br3OS/c1-6-4-10(17-12(6)15)11(16)8-5-7(13)2-3-9(8)14/h2-5H,1H3. The first-order valence-corrected chi connectivity index (χ1v) is 7.94. The second kappa shape index (κ2) is 5.34. The van der Waals surface area contributed by atoms with Crippen molar-refractivity contribution in [3.8, 4) is 0 Å². The highest BCUT2D eigenvalue weighted by Crippen LogP contribution is 2.31. The molecule has 0 spiro atoms. The zero-order valence-corrected chi connectivity index (χ0v) is 14.3. The van der Waals surface area contributed by atoms with Crippen LogP contribution in [0.25, 0.3) is 0 Å². The van der Waals surface area contributed by atoms with Gasteiger partial charge in [0.1, 0.15) is 0 Å². The Kier molecular flexibility index (Phi) is 4.23. The molecule has 0 atom stereocenters. The molecule has 0 fully saturated rings. The molecule has 2 rings (SSSR count). The Morgan fingerprint density at radius 2 is 1.88 bits per heavy atom. The van der Waals surface area contributed by atoms with Gasteiger partial charge in [0.2, 0.25) is 5.78 Å². The van der Waals surface area contributed by atoms with Crippen molar-refractivity contribution >= 4 is 64.9 Å². The van der Waals surface area contributed by atoms with Crippen LogP contribution in [0.1, 0.15) is 20.8 Å². The summed E-state index contributed by atoms with van der Waals surface area (Å²) in [5.74, 6) is 0.0389. The van der Waals surface area contributed by atoms with E-state index in [2.05, 4.69) is 47.8 Å². The summed E-state index contributed by atoms with van der Waals surface area (Å²) in [5, 5.41) is 0. The number of hydrogen-bond acceptors (Lipinski definition) is 2. The Morgan fingerprint density at radius 1 is 1.18 bits per heavy atom. The van der Waals surface area contributed by atoms with Crippen molar-refractivity contribution in [2.45, 2.75) is 6.92 Å². The summed E-state index contributed by atoms with van der Waals surface area (Å²) >= 11 is 11.7. The summed E-state index contributed by atoms with van der Waals surface area (Å²) in [7, 11) is 0. The minimum atomic E-state index is 0.0389. The number of halogens is 3. The molecule has 0 amide bonds. The number of rotatable bonds is 2. The van der Waals surface area contributed by atoms with Crippen molar-refractivity contribution < 1.29 is 4.79 Å². The lowest BCUT2D eigenvalue weighted by Gasteiger charge is -2.02. The molecule has 88 valence electrons. The van der Waals surface area contributed by atoms with Crippen molar-refractivity contribution in [1.82, 2.24) is 0 Å². The van der Waals surface area contributed by atoms with Crippen molar-refractivity contribution in [2.24, 2.45) is 0 Å². The van der Waals surface area contributed by atoms with Crippen molar-refractivity contribution in [3.63, 3.8) is 0 Å². The van der Waals surface area contributed by atoms with Crippen LogP contribution in [0.5, 0.6) is 0 Å². The van der Waals surface area contributed by atoms with Crippen LogP contribution < -0.4 is 0 Å². The Labute approximate surface area is 129 Å². The number of ketones is 1. The average Bonchev–Trinajstić information content (AvgIpc) is 2.62. The van der Waals surface area contributed by atoms with Crippen molar-refractivity contribution in [1.29, 1.82) is 0 Å². The highest BCUT2D eigenvalue weighted by Gasteiger charge is 2.16. The van der Waals surface area contributed by atoms with Gasteiger partial charge in [0.15, 0.2) is 0 Å². The van der Waals surface area contributed by atoms with Crippen LogP contribution in [0.2, 0.25) is 0 Å². The molecule has 17 heavy (non-hydrogen) atoms. The van der Waals surface area contributed by atoms with Crippen molar-refractivity contribution in [3.05, 3.63) is 53.0 Å². The third-order valence-electron chi connectivity index (χ3n) is 2.25. The molecule has 0 unspecified atom stereocenters. The fraction of sp³-hybridized carbons (Fsp3) is 0.0833. The van der Waals surface area contributed by atoms with Gasteiger partial charge in [-0.3, -0.25) is 4.79 Å². The van der Waals surface area contributed by atoms with Gasteiger partial charge in [-0.05, 0) is 52.7 Å². The second-order valence-corrected chi connectivity index (χ2v) is 7.66. The van der Waals surface area contributed by atoms with E-state index in [1.54, 1.807) is 0 Å². The molecule has 0 saturated carbocycles. The van der Waals surface area contributed by atoms with E-state index >= 15 is 0 Å². The smallest absolute Gasteiger partial charge is 0.204 e. The quantitative estimate of drug-likeness (QED) is 0.560. The van der Waals surface area contributed by atoms with Gasteiger partial charge in [-0.25, -0.2) is 0 Å². The Balaban J connectivity index is 2.47. The van der Waals surface area contributed by atoms with Gasteiger partial charge in [0.25, 0.3) is 0 Å². The van der Waals surface area contributed by atoms with E-state index in [9.17, 15) is 4.79 Å². The van der Waals surface area contributed by atoms with E-state index < -0.39 is 0 Å². The largest absolute Gasteiger partial charge is 0.288 e. The summed E-state index contributed by atoms with van der Waals surface area (Å²) in [6.45, 7) is 1.98. The lowest BCUT2D eigenvalue weighted by atomic mass is 10.1. The van der Waals surface area contributed by atoms with Gasteiger partial charge in [0.05, 0.1) is 8.66 Å². The maximum absolute atomic E-state index is 12.3. The molecule has 1 aromatic heterocycles. The SMILES string of the molecule is Cc1cc(C(=O)c2cc(Br)ccc2Br)sc1Br. The maximum atomic E-state index is 12.3. The Hall–Kier alpha value is 0.0300. The fourth-order valence-electron chi connectivity index (χ4n) is 1.38. The second-order valence-electron chi connectivity index (χ2n) is 3.52. The third kappa shape index (κ3) is 2.89. The van der Waals surface area contributed by atoms with Gasteiger partial charge in [-0.2, -0.15) is 0 Å². The first kappa shape index (κ1) is 13.5. The summed E-state index contributed by atoms with van der Waals surface area (Å²) in [4.78, 5) is 13.1. The molecule has 2 aromatic rings. The van der Waals surface area contributed by atoms with Crippen LogP contribution in [0, 0.1) is 6.92 Å². The molecule has 0 radical (unpaired) electrons. The normalized spacial score (nSPS) is 10.6. The molecule has 0 aliphatic carbocycles. The number of hydrogen-bond donors (Lipinski definition) is 0. The summed E-state index contributed by atoms with van der Waals surface area (Å²) in [6, 6.07) is 7.50. The van der Waals surface area contributed by atoms with Crippen LogP contribution in [0.15, 0.2) is 37.0 Å². The molecule has 1 nitrogen and oxygen atoms in total. The van der Waals surface area contributed by atoms with Crippen LogP contribution >= 0.6 is 59.1 Å².